The summed E-state index contributed by atoms with van der Waals surface area (Å²) in [6, 6.07) is 7.75. The Morgan fingerprint density at radius 3 is 2.77 bits per heavy atom. The number of benzene rings is 1. The number of nitrogens with zero attached hydrogens (tertiary/aromatic N) is 1. The Labute approximate surface area is 142 Å². The van der Waals surface area contributed by atoms with Gasteiger partial charge in [0, 0.05) is 30.6 Å². The van der Waals surface area contributed by atoms with Gasteiger partial charge in [0.1, 0.15) is 6.04 Å². The lowest BCUT2D eigenvalue weighted by molar-refractivity contribution is -0.138. The smallest absolute Gasteiger partial charge is 0.242 e. The Kier molecular flexibility index (Phi) is 6.09. The van der Waals surface area contributed by atoms with Gasteiger partial charge in [0.15, 0.2) is 0 Å². The standard InChI is InChI=1S/C16H21ClN2O2.ClH/c1-11-15(18-7-9-21-11)16(20)19-8-6-13(10-19)12-2-4-14(17)5-3-12;/h2-5,11,13,15,18H,6-10H2,1H3;1H/t11-,13?,15+;/m1./s1. The molecule has 0 radical (unpaired) electrons. The molecule has 2 aliphatic heterocycles. The first-order valence-corrected chi connectivity index (χ1v) is 7.92. The van der Waals surface area contributed by atoms with E-state index in [1.54, 1.807) is 0 Å². The zero-order valence-electron chi connectivity index (χ0n) is 12.6. The van der Waals surface area contributed by atoms with Crippen molar-refractivity contribution in [3.63, 3.8) is 0 Å². The van der Waals surface area contributed by atoms with Crippen molar-refractivity contribution in [2.75, 3.05) is 26.2 Å². The van der Waals surface area contributed by atoms with Gasteiger partial charge in [-0.25, -0.2) is 0 Å². The molecule has 3 atom stereocenters. The van der Waals surface area contributed by atoms with Crippen LogP contribution in [-0.2, 0) is 9.53 Å². The fourth-order valence-electron chi connectivity index (χ4n) is 3.17. The van der Waals surface area contributed by atoms with Crippen LogP contribution in [0, 0.1) is 0 Å². The molecule has 2 heterocycles. The van der Waals surface area contributed by atoms with Crippen molar-refractivity contribution in [2.24, 2.45) is 0 Å². The van der Waals surface area contributed by atoms with Crippen LogP contribution >= 0.6 is 24.0 Å². The molecule has 1 aromatic rings. The van der Waals surface area contributed by atoms with Crippen LogP contribution in [0.5, 0.6) is 0 Å². The number of carbonyl (C=O) groups is 1. The Balaban J connectivity index is 0.00000176. The number of carbonyl (C=O) groups excluding carboxylic acids is 1. The Morgan fingerprint density at radius 2 is 2.09 bits per heavy atom. The number of nitrogens with one attached hydrogen (secondary N) is 1. The number of likely N-dealkylation sites (tertiary alicyclic amines) is 1. The topological polar surface area (TPSA) is 41.6 Å². The van der Waals surface area contributed by atoms with E-state index >= 15 is 0 Å². The van der Waals surface area contributed by atoms with E-state index in [4.69, 9.17) is 16.3 Å². The summed E-state index contributed by atoms with van der Waals surface area (Å²) in [6.07, 6.45) is 0.954. The van der Waals surface area contributed by atoms with Gasteiger partial charge in [0.2, 0.25) is 5.91 Å². The summed E-state index contributed by atoms with van der Waals surface area (Å²) in [7, 11) is 0. The van der Waals surface area contributed by atoms with E-state index in [0.717, 1.165) is 31.1 Å². The molecule has 4 nitrogen and oxygen atoms in total. The van der Waals surface area contributed by atoms with Crippen LogP contribution in [-0.4, -0.2) is 49.2 Å². The van der Waals surface area contributed by atoms with Crippen LogP contribution in [0.2, 0.25) is 5.02 Å². The van der Waals surface area contributed by atoms with Crippen molar-refractivity contribution in [2.45, 2.75) is 31.4 Å². The molecule has 3 rings (SSSR count). The number of morpholine rings is 1. The number of halogens is 2. The van der Waals surface area contributed by atoms with Crippen LogP contribution in [0.15, 0.2) is 24.3 Å². The zero-order valence-corrected chi connectivity index (χ0v) is 14.2. The van der Waals surface area contributed by atoms with Gasteiger partial charge in [-0.05, 0) is 31.0 Å². The van der Waals surface area contributed by atoms with Crippen LogP contribution in [0.3, 0.4) is 0 Å². The van der Waals surface area contributed by atoms with E-state index in [-0.39, 0.29) is 30.5 Å². The molecule has 2 aliphatic rings. The molecule has 122 valence electrons. The molecule has 6 heteroatoms. The van der Waals surface area contributed by atoms with Gasteiger partial charge >= 0.3 is 0 Å². The Hall–Kier alpha value is -0.810. The largest absolute Gasteiger partial charge is 0.375 e. The van der Waals surface area contributed by atoms with E-state index in [0.29, 0.717) is 12.5 Å². The fraction of sp³-hybridized carbons (Fsp3) is 0.562. The van der Waals surface area contributed by atoms with Crippen LogP contribution < -0.4 is 5.32 Å². The van der Waals surface area contributed by atoms with Crippen molar-refractivity contribution in [1.29, 1.82) is 0 Å². The second-order valence-electron chi connectivity index (χ2n) is 5.83. The molecule has 1 N–H and O–H groups in total. The third kappa shape index (κ3) is 3.74. The predicted octanol–water partition coefficient (Wildman–Crippen LogP) is 2.45. The number of hydrogen-bond donors (Lipinski definition) is 1. The van der Waals surface area contributed by atoms with Gasteiger partial charge in [0.25, 0.3) is 0 Å². The fourth-order valence-corrected chi connectivity index (χ4v) is 3.30. The van der Waals surface area contributed by atoms with Crippen molar-refractivity contribution < 1.29 is 9.53 Å². The highest BCUT2D eigenvalue weighted by Crippen LogP contribution is 2.28. The molecule has 2 saturated heterocycles. The highest BCUT2D eigenvalue weighted by molar-refractivity contribution is 6.30. The van der Waals surface area contributed by atoms with E-state index < -0.39 is 0 Å². The van der Waals surface area contributed by atoms with Gasteiger partial charge < -0.3 is 15.0 Å². The maximum atomic E-state index is 12.6. The summed E-state index contributed by atoms with van der Waals surface area (Å²) in [5, 5.41) is 4.03. The predicted molar refractivity (Wildman–Crippen MR) is 89.8 cm³/mol. The van der Waals surface area contributed by atoms with Crippen LogP contribution in [0.25, 0.3) is 0 Å². The quantitative estimate of drug-likeness (QED) is 0.895. The van der Waals surface area contributed by atoms with Crippen molar-refractivity contribution in [1.82, 2.24) is 10.2 Å². The molecule has 0 aromatic heterocycles. The van der Waals surface area contributed by atoms with Gasteiger partial charge in [-0.1, -0.05) is 23.7 Å². The number of amides is 1. The third-order valence-electron chi connectivity index (χ3n) is 4.42. The van der Waals surface area contributed by atoms with Gasteiger partial charge in [-0.15, -0.1) is 12.4 Å². The molecular weight excluding hydrogens is 323 g/mol. The molecular formula is C16H22Cl2N2O2. The highest BCUT2D eigenvalue weighted by atomic mass is 35.5. The first-order chi connectivity index (χ1) is 10.1. The average Bonchev–Trinajstić information content (AvgIpc) is 2.98. The average molecular weight is 345 g/mol. The minimum Gasteiger partial charge on any atom is -0.375 e. The monoisotopic (exact) mass is 344 g/mol. The molecule has 22 heavy (non-hydrogen) atoms. The van der Waals surface area contributed by atoms with Crippen molar-refractivity contribution in [3.05, 3.63) is 34.9 Å². The molecule has 2 fully saturated rings. The molecule has 1 aromatic carbocycles. The maximum Gasteiger partial charge on any atom is 0.242 e. The number of hydrogen-bond acceptors (Lipinski definition) is 3. The lowest BCUT2D eigenvalue weighted by Crippen LogP contribution is -2.56. The normalized spacial score (nSPS) is 28.3. The Bertz CT molecular complexity index is 509. The summed E-state index contributed by atoms with van der Waals surface area (Å²) in [6.45, 7) is 4.98. The lowest BCUT2D eigenvalue weighted by Gasteiger charge is -2.32. The summed E-state index contributed by atoms with van der Waals surface area (Å²) >= 11 is 5.93. The highest BCUT2D eigenvalue weighted by Gasteiger charge is 2.35. The van der Waals surface area contributed by atoms with Gasteiger partial charge in [-0.3, -0.25) is 4.79 Å². The lowest BCUT2D eigenvalue weighted by atomic mass is 9.99. The summed E-state index contributed by atoms with van der Waals surface area (Å²) < 4.78 is 5.57. The third-order valence-corrected chi connectivity index (χ3v) is 4.68. The second kappa shape index (κ2) is 7.64. The second-order valence-corrected chi connectivity index (χ2v) is 6.27. The van der Waals surface area contributed by atoms with Gasteiger partial charge in [-0.2, -0.15) is 0 Å². The minimum absolute atomic E-state index is 0. The molecule has 0 aliphatic carbocycles. The van der Waals surface area contributed by atoms with E-state index in [1.807, 2.05) is 24.0 Å². The van der Waals surface area contributed by atoms with E-state index in [9.17, 15) is 4.79 Å². The molecule has 0 bridgehead atoms. The SMILES string of the molecule is C[C@H]1OCCN[C@@H]1C(=O)N1CCC(c2ccc(Cl)cc2)C1.Cl. The number of ether oxygens (including phenoxy) is 1. The Morgan fingerprint density at radius 1 is 1.36 bits per heavy atom. The summed E-state index contributed by atoms with van der Waals surface area (Å²) in [5.41, 5.74) is 1.26. The first-order valence-electron chi connectivity index (χ1n) is 7.54. The van der Waals surface area contributed by atoms with E-state index in [1.165, 1.54) is 5.56 Å². The molecule has 0 spiro atoms. The number of rotatable bonds is 2. The maximum absolute atomic E-state index is 12.6. The van der Waals surface area contributed by atoms with E-state index in [2.05, 4.69) is 17.4 Å². The zero-order chi connectivity index (χ0) is 14.8. The first kappa shape index (κ1) is 17.5. The molecule has 1 unspecified atom stereocenters. The minimum atomic E-state index is -0.206. The van der Waals surface area contributed by atoms with Crippen molar-refractivity contribution in [3.8, 4) is 0 Å². The molecule has 0 saturated carbocycles. The van der Waals surface area contributed by atoms with Crippen LogP contribution in [0.1, 0.15) is 24.8 Å². The van der Waals surface area contributed by atoms with Gasteiger partial charge in [0.05, 0.1) is 12.7 Å². The van der Waals surface area contributed by atoms with Crippen molar-refractivity contribution >= 4 is 29.9 Å². The summed E-state index contributed by atoms with van der Waals surface area (Å²) in [5.74, 6) is 0.574. The summed E-state index contributed by atoms with van der Waals surface area (Å²) in [4.78, 5) is 14.6. The molecule has 1 amide bonds. The van der Waals surface area contributed by atoms with Crippen LogP contribution in [0.4, 0.5) is 0 Å².